The molecule has 2 aromatic heterocycles. The van der Waals surface area contributed by atoms with Gasteiger partial charge in [0.15, 0.2) is 17.3 Å². The van der Waals surface area contributed by atoms with Crippen LogP contribution >= 0.6 is 0 Å². The number of benzene rings is 1. The average Bonchev–Trinajstić information content (AvgIpc) is 3.71. The third-order valence-corrected chi connectivity index (χ3v) is 8.36. The Kier molecular flexibility index (Phi) is 8.99. The minimum absolute atomic E-state index is 0.0363. The molecule has 0 radical (unpaired) electrons. The topological polar surface area (TPSA) is 185 Å². The minimum atomic E-state index is -3.23. The second-order valence-corrected chi connectivity index (χ2v) is 13.9. The summed E-state index contributed by atoms with van der Waals surface area (Å²) in [6.45, 7) is 2.25. The molecule has 0 unspecified atom stereocenters. The zero-order chi connectivity index (χ0) is 31.6. The molecule has 3 heterocycles. The Morgan fingerprint density at radius 1 is 1.11 bits per heavy atom. The van der Waals surface area contributed by atoms with E-state index >= 15 is 0 Å². The monoisotopic (exact) mass is 621 g/mol. The highest BCUT2D eigenvalue weighted by Gasteiger charge is 2.31. The van der Waals surface area contributed by atoms with Crippen LogP contribution in [0.2, 0.25) is 0 Å². The smallest absolute Gasteiger partial charge is 0.272 e. The summed E-state index contributed by atoms with van der Waals surface area (Å²) >= 11 is 0. The third kappa shape index (κ3) is 7.76. The summed E-state index contributed by atoms with van der Waals surface area (Å²) in [6, 6.07) is 6.88. The number of carbonyl (C=O) groups is 2. The zero-order valence-corrected chi connectivity index (χ0v) is 26.2. The number of piperazine rings is 1. The lowest BCUT2D eigenvalue weighted by atomic mass is 9.49. The summed E-state index contributed by atoms with van der Waals surface area (Å²) in [5.41, 5.74) is 1.38. The number of hydrogen-bond donors (Lipinski definition) is 3. The predicted molar refractivity (Wildman–Crippen MR) is 170 cm³/mol. The van der Waals surface area contributed by atoms with Gasteiger partial charge in [0.1, 0.15) is 23.5 Å². The first-order chi connectivity index (χ1) is 20.8. The van der Waals surface area contributed by atoms with E-state index in [0.29, 0.717) is 67.1 Å². The number of nitrogens with one attached hydrogen (secondary N) is 3. The highest BCUT2D eigenvalue weighted by Crippen LogP contribution is 2.37. The Hall–Kier alpha value is -3.96. The fourth-order valence-electron chi connectivity index (χ4n) is 4.70. The van der Waals surface area contributed by atoms with Gasteiger partial charge in [-0.05, 0) is 30.2 Å². The van der Waals surface area contributed by atoms with E-state index in [9.17, 15) is 18.0 Å². The molecule has 0 bridgehead atoms. The van der Waals surface area contributed by atoms with Gasteiger partial charge in [0.05, 0.1) is 36.8 Å². The first-order valence-electron chi connectivity index (χ1n) is 14.3. The van der Waals surface area contributed by atoms with Crippen molar-refractivity contribution in [3.63, 3.8) is 0 Å². The first kappa shape index (κ1) is 31.5. The van der Waals surface area contributed by atoms with Crippen molar-refractivity contribution < 1.29 is 27.3 Å². The standard InChI is InChI=1S/C25H34B3N9O6S/c1-42-21-15(22-31-19(43-35-22)13-36-8-10-37(11-9-36)44(2,40)41)4-3-5-16(21)29-17-12-18(30-23(38)14-6-7-14)33-34-20(17)24(39)32-25(26,27)28/h3-5,12,14H,6-11,13,26-28H2,1-2H3,(H,32,39)(H2,29,30,33,38). The number of carbonyl (C=O) groups excluding carboxylic acids is 2. The number of sulfonamides is 1. The van der Waals surface area contributed by atoms with Crippen molar-refractivity contribution in [1.29, 1.82) is 0 Å². The highest BCUT2D eigenvalue weighted by molar-refractivity contribution is 7.88. The molecular weight excluding hydrogens is 587 g/mol. The molecule has 2 aliphatic rings. The van der Waals surface area contributed by atoms with Gasteiger partial charge in [0, 0.05) is 38.2 Å². The molecular formula is C25H34B3N9O6S. The summed E-state index contributed by atoms with van der Waals surface area (Å²) < 4.78 is 36.4. The molecule has 0 spiro atoms. The van der Waals surface area contributed by atoms with E-state index in [2.05, 4.69) is 36.3 Å². The van der Waals surface area contributed by atoms with Gasteiger partial charge in [-0.1, -0.05) is 11.2 Å². The highest BCUT2D eigenvalue weighted by atomic mass is 32.2. The molecule has 5 rings (SSSR count). The summed E-state index contributed by atoms with van der Waals surface area (Å²) in [5, 5.41) is 20.7. The van der Waals surface area contributed by atoms with Gasteiger partial charge >= 0.3 is 0 Å². The molecule has 1 aliphatic heterocycles. The molecule has 15 nitrogen and oxygen atoms in total. The van der Waals surface area contributed by atoms with E-state index in [-0.39, 0.29) is 23.3 Å². The van der Waals surface area contributed by atoms with Crippen LogP contribution in [0.5, 0.6) is 5.75 Å². The van der Waals surface area contributed by atoms with Gasteiger partial charge < -0.3 is 25.2 Å². The van der Waals surface area contributed by atoms with Crippen molar-refractivity contribution in [1.82, 2.24) is 34.9 Å². The lowest BCUT2D eigenvalue weighted by Crippen LogP contribution is -2.50. The summed E-state index contributed by atoms with van der Waals surface area (Å²) in [4.78, 5) is 32.2. The van der Waals surface area contributed by atoms with Crippen molar-refractivity contribution in [2.75, 3.05) is 50.2 Å². The quantitative estimate of drug-likeness (QED) is 0.200. The number of ether oxygens (including phenoxy) is 1. The molecule has 19 heteroatoms. The number of rotatable bonds is 11. The molecule has 1 saturated heterocycles. The molecule has 3 N–H and O–H groups in total. The Balaban J connectivity index is 1.38. The van der Waals surface area contributed by atoms with E-state index in [1.54, 1.807) is 24.3 Å². The summed E-state index contributed by atoms with van der Waals surface area (Å²) in [5.74, 6) is 0.668. The molecule has 2 amide bonds. The van der Waals surface area contributed by atoms with Crippen LogP contribution in [0.1, 0.15) is 29.2 Å². The molecule has 2 fully saturated rings. The normalized spacial score (nSPS) is 16.3. The second kappa shape index (κ2) is 12.6. The fourth-order valence-corrected chi connectivity index (χ4v) is 5.53. The van der Waals surface area contributed by atoms with Crippen LogP contribution in [-0.4, -0.2) is 118 Å². The van der Waals surface area contributed by atoms with Gasteiger partial charge in [-0.25, -0.2) is 8.42 Å². The Morgan fingerprint density at radius 2 is 1.84 bits per heavy atom. The number of methoxy groups -OCH3 is 1. The van der Waals surface area contributed by atoms with Crippen LogP contribution in [-0.2, 0) is 21.4 Å². The molecule has 44 heavy (non-hydrogen) atoms. The van der Waals surface area contributed by atoms with Gasteiger partial charge in [-0.2, -0.15) is 9.29 Å². The van der Waals surface area contributed by atoms with Gasteiger partial charge in [0.25, 0.3) is 5.91 Å². The number of amides is 2. The minimum Gasteiger partial charge on any atom is -0.494 e. The van der Waals surface area contributed by atoms with E-state index in [4.69, 9.17) is 9.26 Å². The predicted octanol–water partition coefficient (Wildman–Crippen LogP) is -2.06. The maximum atomic E-state index is 13.2. The van der Waals surface area contributed by atoms with Crippen LogP contribution in [0, 0.1) is 5.92 Å². The second-order valence-electron chi connectivity index (χ2n) is 11.9. The van der Waals surface area contributed by atoms with Gasteiger partial charge in [-0.15, -0.1) is 10.2 Å². The molecule has 1 aromatic carbocycles. The average molecular weight is 621 g/mol. The van der Waals surface area contributed by atoms with Crippen LogP contribution < -0.4 is 20.7 Å². The Labute approximate surface area is 258 Å². The van der Waals surface area contributed by atoms with E-state index in [0.717, 1.165) is 12.8 Å². The van der Waals surface area contributed by atoms with Gasteiger partial charge in [0.2, 0.25) is 27.6 Å². The van der Waals surface area contributed by atoms with Crippen molar-refractivity contribution in [3.8, 4) is 17.1 Å². The number of aromatic nitrogens is 4. The molecule has 1 aliphatic carbocycles. The fraction of sp³-hybridized carbons (Fsp3) is 0.440. The number of para-hydroxylation sites is 1. The number of hydrogen-bond acceptors (Lipinski definition) is 12. The third-order valence-electron chi connectivity index (χ3n) is 7.05. The Bertz CT molecular complexity index is 1650. The zero-order valence-electron chi connectivity index (χ0n) is 25.4. The molecule has 1 saturated carbocycles. The van der Waals surface area contributed by atoms with Crippen LogP contribution in [0.4, 0.5) is 17.2 Å². The van der Waals surface area contributed by atoms with Crippen molar-refractivity contribution in [2.45, 2.75) is 24.6 Å². The Morgan fingerprint density at radius 3 is 2.48 bits per heavy atom. The summed E-state index contributed by atoms with van der Waals surface area (Å²) in [6.07, 6.45) is 2.87. The first-order valence-corrected chi connectivity index (χ1v) is 16.1. The molecule has 0 atom stereocenters. The number of anilines is 3. The van der Waals surface area contributed by atoms with Crippen molar-refractivity contribution in [2.24, 2.45) is 5.92 Å². The maximum absolute atomic E-state index is 13.2. The van der Waals surface area contributed by atoms with Crippen molar-refractivity contribution >= 4 is 62.6 Å². The molecule has 230 valence electrons. The van der Waals surface area contributed by atoms with E-state index in [1.807, 2.05) is 28.4 Å². The largest absolute Gasteiger partial charge is 0.494 e. The maximum Gasteiger partial charge on any atom is 0.272 e. The molecule has 3 aromatic rings. The summed E-state index contributed by atoms with van der Waals surface area (Å²) in [7, 11) is 3.85. The van der Waals surface area contributed by atoms with Crippen molar-refractivity contribution in [3.05, 3.63) is 35.9 Å². The lowest BCUT2D eigenvalue weighted by Gasteiger charge is -2.32. The van der Waals surface area contributed by atoms with Gasteiger partial charge in [-0.3, -0.25) is 14.5 Å². The van der Waals surface area contributed by atoms with Crippen LogP contribution in [0.15, 0.2) is 28.8 Å². The van der Waals surface area contributed by atoms with E-state index < -0.39 is 21.2 Å². The SMILES string of the molecule is BC(B)(B)NC(=O)c1nnc(NC(=O)C2CC2)cc1Nc1cccc(-c2noc(CN3CCN(S(C)(=O)=O)CC3)n2)c1OC. The number of nitrogens with zero attached hydrogens (tertiary/aromatic N) is 6. The van der Waals surface area contributed by atoms with Crippen LogP contribution in [0.3, 0.4) is 0 Å². The van der Waals surface area contributed by atoms with E-state index in [1.165, 1.54) is 17.7 Å². The lowest BCUT2D eigenvalue weighted by molar-refractivity contribution is -0.117. The van der Waals surface area contributed by atoms with Crippen LogP contribution in [0.25, 0.3) is 11.4 Å².